The summed E-state index contributed by atoms with van der Waals surface area (Å²) in [5.41, 5.74) is 3.17. The summed E-state index contributed by atoms with van der Waals surface area (Å²) >= 11 is 0. The first-order valence-corrected chi connectivity index (χ1v) is 8.10. The Bertz CT molecular complexity index is 751. The van der Waals surface area contributed by atoms with Crippen molar-refractivity contribution in [2.24, 2.45) is 0 Å². The summed E-state index contributed by atoms with van der Waals surface area (Å²) in [7, 11) is 2.04. The van der Waals surface area contributed by atoms with Crippen LogP contribution in [0.25, 0.3) is 11.3 Å². The summed E-state index contributed by atoms with van der Waals surface area (Å²) < 4.78 is 11.2. The Labute approximate surface area is 142 Å². The lowest BCUT2D eigenvalue weighted by atomic mass is 10.1. The largest absolute Gasteiger partial charge is 0.492 e. The van der Waals surface area contributed by atoms with Crippen LogP contribution in [0.15, 0.2) is 65.2 Å². The van der Waals surface area contributed by atoms with Crippen LogP contribution in [0.5, 0.6) is 5.75 Å². The fourth-order valence-electron chi connectivity index (χ4n) is 2.43. The molecular weight excluding hydrogens is 300 g/mol. The molecule has 0 aliphatic carbocycles. The standard InChI is InChI=1S/C20H22N2O2/c1-16-8-10-18(11-9-16)23-13-12-22(2)15-19-14-20(21-24-19)17-6-4-3-5-7-17/h3-11,14H,12-13,15H2,1-2H3. The van der Waals surface area contributed by atoms with Gasteiger partial charge in [0.15, 0.2) is 5.76 Å². The summed E-state index contributed by atoms with van der Waals surface area (Å²) in [5.74, 6) is 1.76. The molecule has 1 aromatic heterocycles. The molecule has 0 unspecified atom stereocenters. The molecule has 0 N–H and O–H groups in total. The number of rotatable bonds is 7. The Kier molecular flexibility index (Phi) is 5.29. The normalized spacial score (nSPS) is 11.0. The molecule has 0 aliphatic heterocycles. The lowest BCUT2D eigenvalue weighted by molar-refractivity contribution is 0.216. The van der Waals surface area contributed by atoms with Crippen molar-refractivity contribution >= 4 is 0 Å². The fourth-order valence-corrected chi connectivity index (χ4v) is 2.43. The Morgan fingerprint density at radius 1 is 1.04 bits per heavy atom. The maximum absolute atomic E-state index is 5.76. The molecule has 0 fully saturated rings. The molecule has 2 aromatic carbocycles. The van der Waals surface area contributed by atoms with E-state index in [9.17, 15) is 0 Å². The van der Waals surface area contributed by atoms with Crippen molar-refractivity contribution < 1.29 is 9.26 Å². The molecule has 4 heteroatoms. The highest BCUT2D eigenvalue weighted by atomic mass is 16.5. The van der Waals surface area contributed by atoms with Crippen LogP contribution >= 0.6 is 0 Å². The van der Waals surface area contributed by atoms with Gasteiger partial charge in [0.2, 0.25) is 0 Å². The van der Waals surface area contributed by atoms with Gasteiger partial charge in [0.25, 0.3) is 0 Å². The van der Waals surface area contributed by atoms with Gasteiger partial charge < -0.3 is 9.26 Å². The highest BCUT2D eigenvalue weighted by Crippen LogP contribution is 2.19. The Balaban J connectivity index is 1.47. The highest BCUT2D eigenvalue weighted by molar-refractivity contribution is 5.58. The molecule has 4 nitrogen and oxygen atoms in total. The average Bonchev–Trinajstić information content (AvgIpc) is 3.06. The molecular formula is C20H22N2O2. The molecule has 0 radical (unpaired) electrons. The summed E-state index contributed by atoms with van der Waals surface area (Å²) in [5, 5.41) is 4.14. The van der Waals surface area contributed by atoms with Crippen LogP contribution in [0.3, 0.4) is 0 Å². The summed E-state index contributed by atoms with van der Waals surface area (Å²) in [6.07, 6.45) is 0. The molecule has 1 heterocycles. The molecule has 3 aromatic rings. The second kappa shape index (κ2) is 7.79. The van der Waals surface area contributed by atoms with Gasteiger partial charge in [-0.25, -0.2) is 0 Å². The fraction of sp³-hybridized carbons (Fsp3) is 0.250. The zero-order valence-corrected chi connectivity index (χ0v) is 14.1. The van der Waals surface area contributed by atoms with Crippen LogP contribution in [-0.4, -0.2) is 30.3 Å². The monoisotopic (exact) mass is 322 g/mol. The van der Waals surface area contributed by atoms with E-state index in [0.29, 0.717) is 13.2 Å². The van der Waals surface area contributed by atoms with Crippen molar-refractivity contribution in [3.8, 4) is 17.0 Å². The molecule has 0 saturated carbocycles. The number of hydrogen-bond acceptors (Lipinski definition) is 4. The van der Waals surface area contributed by atoms with E-state index in [0.717, 1.165) is 29.3 Å². The molecule has 0 amide bonds. The Morgan fingerprint density at radius 3 is 2.54 bits per heavy atom. The van der Waals surface area contributed by atoms with Gasteiger partial charge >= 0.3 is 0 Å². The molecule has 0 bridgehead atoms. The van der Waals surface area contributed by atoms with E-state index in [2.05, 4.69) is 29.1 Å². The van der Waals surface area contributed by atoms with Crippen LogP contribution in [0.1, 0.15) is 11.3 Å². The van der Waals surface area contributed by atoms with Crippen LogP contribution < -0.4 is 4.74 Å². The number of benzene rings is 2. The Hall–Kier alpha value is -2.59. The van der Waals surface area contributed by atoms with E-state index < -0.39 is 0 Å². The van der Waals surface area contributed by atoms with Gasteiger partial charge in [-0.2, -0.15) is 0 Å². The molecule has 0 atom stereocenters. The number of aryl methyl sites for hydroxylation is 1. The van der Waals surface area contributed by atoms with E-state index in [1.807, 2.05) is 55.6 Å². The third-order valence-electron chi connectivity index (χ3n) is 3.82. The van der Waals surface area contributed by atoms with Gasteiger partial charge in [-0.05, 0) is 26.1 Å². The third-order valence-corrected chi connectivity index (χ3v) is 3.82. The van der Waals surface area contributed by atoms with Crippen LogP contribution in [0.2, 0.25) is 0 Å². The van der Waals surface area contributed by atoms with Crippen molar-refractivity contribution in [3.05, 3.63) is 72.0 Å². The van der Waals surface area contributed by atoms with Crippen molar-refractivity contribution in [2.45, 2.75) is 13.5 Å². The Morgan fingerprint density at radius 2 is 1.79 bits per heavy atom. The predicted molar refractivity (Wildman–Crippen MR) is 94.9 cm³/mol. The van der Waals surface area contributed by atoms with Gasteiger partial charge in [0, 0.05) is 18.2 Å². The third kappa shape index (κ3) is 4.46. The SMILES string of the molecule is Cc1ccc(OCCN(C)Cc2cc(-c3ccccc3)no2)cc1. The number of ether oxygens (including phenoxy) is 1. The second-order valence-electron chi connectivity index (χ2n) is 5.94. The van der Waals surface area contributed by atoms with Gasteiger partial charge in [0.05, 0.1) is 6.54 Å². The minimum atomic E-state index is 0.638. The number of aromatic nitrogens is 1. The number of nitrogens with zero attached hydrogens (tertiary/aromatic N) is 2. The summed E-state index contributed by atoms with van der Waals surface area (Å²) in [6.45, 7) is 4.23. The predicted octanol–water partition coefficient (Wildman–Crippen LogP) is 4.16. The van der Waals surface area contributed by atoms with E-state index in [-0.39, 0.29) is 0 Å². The van der Waals surface area contributed by atoms with E-state index in [1.165, 1.54) is 5.56 Å². The van der Waals surface area contributed by atoms with Crippen molar-refractivity contribution in [3.63, 3.8) is 0 Å². The van der Waals surface area contributed by atoms with E-state index >= 15 is 0 Å². The smallest absolute Gasteiger partial charge is 0.151 e. The van der Waals surface area contributed by atoms with Crippen LogP contribution in [0, 0.1) is 6.92 Å². The minimum absolute atomic E-state index is 0.638. The average molecular weight is 322 g/mol. The molecule has 0 aliphatic rings. The van der Waals surface area contributed by atoms with Crippen molar-refractivity contribution in [1.82, 2.24) is 10.1 Å². The topological polar surface area (TPSA) is 38.5 Å². The maximum atomic E-state index is 5.76. The van der Waals surface area contributed by atoms with Crippen LogP contribution in [-0.2, 0) is 6.54 Å². The second-order valence-corrected chi connectivity index (χ2v) is 5.94. The number of likely N-dealkylation sites (N-methyl/N-ethyl adjacent to an activating group) is 1. The minimum Gasteiger partial charge on any atom is -0.492 e. The van der Waals surface area contributed by atoms with Crippen molar-refractivity contribution in [2.75, 3.05) is 20.2 Å². The molecule has 0 spiro atoms. The molecule has 0 saturated heterocycles. The van der Waals surface area contributed by atoms with Gasteiger partial charge in [-0.1, -0.05) is 53.2 Å². The van der Waals surface area contributed by atoms with Gasteiger partial charge in [-0.3, -0.25) is 4.90 Å². The lowest BCUT2D eigenvalue weighted by Gasteiger charge is -2.15. The van der Waals surface area contributed by atoms with Gasteiger partial charge in [0.1, 0.15) is 18.1 Å². The first-order valence-electron chi connectivity index (χ1n) is 8.10. The first-order chi connectivity index (χ1) is 11.7. The van der Waals surface area contributed by atoms with Crippen LogP contribution in [0.4, 0.5) is 0 Å². The van der Waals surface area contributed by atoms with E-state index in [1.54, 1.807) is 0 Å². The number of hydrogen-bond donors (Lipinski definition) is 0. The quantitative estimate of drug-likeness (QED) is 0.655. The van der Waals surface area contributed by atoms with Gasteiger partial charge in [-0.15, -0.1) is 0 Å². The molecule has 124 valence electrons. The first kappa shape index (κ1) is 16.3. The maximum Gasteiger partial charge on any atom is 0.151 e. The lowest BCUT2D eigenvalue weighted by Crippen LogP contribution is -2.23. The summed E-state index contributed by atoms with van der Waals surface area (Å²) in [6, 6.07) is 20.1. The zero-order valence-electron chi connectivity index (χ0n) is 14.1. The van der Waals surface area contributed by atoms with Crippen molar-refractivity contribution in [1.29, 1.82) is 0 Å². The molecule has 3 rings (SSSR count). The zero-order chi connectivity index (χ0) is 16.8. The molecule has 24 heavy (non-hydrogen) atoms. The highest BCUT2D eigenvalue weighted by Gasteiger charge is 2.08. The summed E-state index contributed by atoms with van der Waals surface area (Å²) in [4.78, 5) is 2.16. The van der Waals surface area contributed by atoms with E-state index in [4.69, 9.17) is 9.26 Å².